The number of pyridine rings is 1. The van der Waals surface area contributed by atoms with Crippen LogP contribution in [-0.2, 0) is 4.74 Å². The predicted octanol–water partition coefficient (Wildman–Crippen LogP) is 3.61. The van der Waals surface area contributed by atoms with Gasteiger partial charge >= 0.3 is 0 Å². The summed E-state index contributed by atoms with van der Waals surface area (Å²) in [5, 5.41) is 4.65. The second-order valence-electron chi connectivity index (χ2n) is 5.43. The first-order valence-corrected chi connectivity index (χ1v) is 8.07. The molecule has 1 aliphatic carbocycles. The van der Waals surface area contributed by atoms with Gasteiger partial charge < -0.3 is 4.74 Å². The maximum absolute atomic E-state index is 5.84. The molecule has 1 saturated carbocycles. The van der Waals surface area contributed by atoms with Crippen molar-refractivity contribution in [3.05, 3.63) is 21.5 Å². The maximum Gasteiger partial charge on any atom is 0.150 e. The molecule has 100 valence electrons. The highest BCUT2D eigenvalue weighted by atomic mass is 127. The van der Waals surface area contributed by atoms with Crippen LogP contribution in [-0.4, -0.2) is 21.4 Å². The van der Waals surface area contributed by atoms with Crippen LogP contribution in [0.1, 0.15) is 49.9 Å². The molecule has 2 aromatic rings. The standard InChI is InChI=1S/C14H16IN3O/c15-14-13-11(7-6-10(16-13)9-4-5-9)18(17-14)12-3-1-2-8-19-12/h6-7,9,12H,1-5,8H2. The van der Waals surface area contributed by atoms with Gasteiger partial charge in [0.25, 0.3) is 0 Å². The molecule has 4 rings (SSSR count). The molecule has 1 aliphatic heterocycles. The lowest BCUT2D eigenvalue weighted by Crippen LogP contribution is -2.19. The van der Waals surface area contributed by atoms with Crippen LogP contribution < -0.4 is 0 Å². The monoisotopic (exact) mass is 369 g/mol. The summed E-state index contributed by atoms with van der Waals surface area (Å²) >= 11 is 2.29. The first-order chi connectivity index (χ1) is 9.33. The van der Waals surface area contributed by atoms with Crippen molar-refractivity contribution in [3.8, 4) is 0 Å². The number of rotatable bonds is 2. The molecule has 0 bridgehead atoms. The Morgan fingerprint density at radius 2 is 2.11 bits per heavy atom. The van der Waals surface area contributed by atoms with E-state index in [0.29, 0.717) is 5.92 Å². The van der Waals surface area contributed by atoms with E-state index in [1.165, 1.54) is 25.0 Å². The van der Waals surface area contributed by atoms with Crippen molar-refractivity contribution in [2.24, 2.45) is 0 Å². The number of halogens is 1. The van der Waals surface area contributed by atoms with Gasteiger partial charge in [-0.3, -0.25) is 0 Å². The van der Waals surface area contributed by atoms with Gasteiger partial charge in [-0.2, -0.15) is 5.10 Å². The zero-order valence-electron chi connectivity index (χ0n) is 10.7. The summed E-state index contributed by atoms with van der Waals surface area (Å²) in [5.41, 5.74) is 3.38. The molecule has 0 amide bonds. The van der Waals surface area contributed by atoms with Crippen molar-refractivity contribution >= 4 is 33.6 Å². The summed E-state index contributed by atoms with van der Waals surface area (Å²) in [6.45, 7) is 0.843. The smallest absolute Gasteiger partial charge is 0.150 e. The topological polar surface area (TPSA) is 39.9 Å². The fourth-order valence-electron chi connectivity index (χ4n) is 2.74. The average molecular weight is 369 g/mol. The molecule has 0 spiro atoms. The van der Waals surface area contributed by atoms with Crippen molar-refractivity contribution in [1.29, 1.82) is 0 Å². The van der Waals surface area contributed by atoms with E-state index in [4.69, 9.17) is 9.72 Å². The lowest BCUT2D eigenvalue weighted by atomic mass is 10.2. The Hall–Kier alpha value is -0.690. The maximum atomic E-state index is 5.84. The second-order valence-corrected chi connectivity index (χ2v) is 6.46. The zero-order chi connectivity index (χ0) is 12.8. The van der Waals surface area contributed by atoms with Crippen LogP contribution in [0.4, 0.5) is 0 Å². The Balaban J connectivity index is 1.78. The number of hydrogen-bond acceptors (Lipinski definition) is 3. The van der Waals surface area contributed by atoms with Crippen molar-refractivity contribution in [1.82, 2.24) is 14.8 Å². The molecule has 2 aliphatic rings. The molecule has 0 N–H and O–H groups in total. The van der Waals surface area contributed by atoms with Gasteiger partial charge in [0.15, 0.2) is 6.23 Å². The van der Waals surface area contributed by atoms with Gasteiger partial charge in [-0.25, -0.2) is 9.67 Å². The molecular weight excluding hydrogens is 353 g/mol. The minimum absolute atomic E-state index is 0.0911. The van der Waals surface area contributed by atoms with Crippen LogP contribution in [0.25, 0.3) is 11.0 Å². The molecule has 0 aromatic carbocycles. The van der Waals surface area contributed by atoms with E-state index in [1.54, 1.807) is 0 Å². The summed E-state index contributed by atoms with van der Waals surface area (Å²) in [4.78, 5) is 4.81. The minimum atomic E-state index is 0.0911. The highest BCUT2D eigenvalue weighted by Crippen LogP contribution is 2.40. The number of ether oxygens (including phenoxy) is 1. The molecule has 2 fully saturated rings. The second kappa shape index (κ2) is 4.70. The number of hydrogen-bond donors (Lipinski definition) is 0. The molecule has 1 saturated heterocycles. The third-order valence-corrected chi connectivity index (χ3v) is 4.68. The lowest BCUT2D eigenvalue weighted by molar-refractivity contribution is -0.0368. The number of nitrogens with zero attached hydrogens (tertiary/aromatic N) is 3. The minimum Gasteiger partial charge on any atom is -0.356 e. The Labute approximate surface area is 125 Å². The van der Waals surface area contributed by atoms with Gasteiger partial charge in [0.05, 0.1) is 5.52 Å². The Morgan fingerprint density at radius 1 is 1.21 bits per heavy atom. The quantitative estimate of drug-likeness (QED) is 0.760. The SMILES string of the molecule is Ic1nn(C2CCCCO2)c2ccc(C3CC3)nc12. The highest BCUT2D eigenvalue weighted by Gasteiger charge is 2.27. The van der Waals surface area contributed by atoms with Gasteiger partial charge in [-0.15, -0.1) is 0 Å². The van der Waals surface area contributed by atoms with E-state index < -0.39 is 0 Å². The fourth-order valence-corrected chi connectivity index (χ4v) is 3.37. The van der Waals surface area contributed by atoms with E-state index in [-0.39, 0.29) is 6.23 Å². The Morgan fingerprint density at radius 3 is 2.84 bits per heavy atom. The van der Waals surface area contributed by atoms with E-state index in [9.17, 15) is 0 Å². The third-order valence-electron chi connectivity index (χ3n) is 3.96. The van der Waals surface area contributed by atoms with E-state index in [2.05, 4.69) is 39.8 Å². The number of fused-ring (bicyclic) bond motifs is 1. The molecule has 1 atom stereocenters. The van der Waals surface area contributed by atoms with E-state index in [0.717, 1.165) is 34.2 Å². The third kappa shape index (κ3) is 2.16. The normalized spacial score (nSPS) is 23.9. The van der Waals surface area contributed by atoms with Gasteiger partial charge in [0.2, 0.25) is 0 Å². The molecule has 3 heterocycles. The average Bonchev–Trinajstić information content (AvgIpc) is 3.25. The Kier molecular flexibility index (Phi) is 2.99. The van der Waals surface area contributed by atoms with E-state index in [1.807, 2.05) is 4.68 Å². The number of aromatic nitrogens is 3. The largest absolute Gasteiger partial charge is 0.356 e. The summed E-state index contributed by atoms with van der Waals surface area (Å²) in [7, 11) is 0. The predicted molar refractivity (Wildman–Crippen MR) is 81.1 cm³/mol. The van der Waals surface area contributed by atoms with Gasteiger partial charge in [0.1, 0.15) is 9.22 Å². The fraction of sp³-hybridized carbons (Fsp3) is 0.571. The Bertz CT molecular complexity index is 614. The van der Waals surface area contributed by atoms with Crippen molar-refractivity contribution in [2.75, 3.05) is 6.61 Å². The van der Waals surface area contributed by atoms with Crippen LogP contribution in [0.2, 0.25) is 0 Å². The van der Waals surface area contributed by atoms with Crippen LogP contribution in [0.5, 0.6) is 0 Å². The molecule has 19 heavy (non-hydrogen) atoms. The summed E-state index contributed by atoms with van der Waals surface area (Å²) in [5.74, 6) is 0.689. The zero-order valence-corrected chi connectivity index (χ0v) is 12.8. The summed E-state index contributed by atoms with van der Waals surface area (Å²) in [6.07, 6.45) is 6.10. The van der Waals surface area contributed by atoms with Crippen LogP contribution in [0, 0.1) is 3.70 Å². The molecule has 0 radical (unpaired) electrons. The highest BCUT2D eigenvalue weighted by molar-refractivity contribution is 14.1. The van der Waals surface area contributed by atoms with Crippen molar-refractivity contribution in [2.45, 2.75) is 44.2 Å². The molecule has 5 heteroatoms. The molecular formula is C14H16IN3O. The molecule has 1 unspecified atom stereocenters. The van der Waals surface area contributed by atoms with E-state index >= 15 is 0 Å². The van der Waals surface area contributed by atoms with Crippen LogP contribution in [0.3, 0.4) is 0 Å². The van der Waals surface area contributed by atoms with Crippen LogP contribution >= 0.6 is 22.6 Å². The molecule has 2 aromatic heterocycles. The summed E-state index contributed by atoms with van der Waals surface area (Å²) < 4.78 is 8.86. The lowest BCUT2D eigenvalue weighted by Gasteiger charge is -2.23. The molecule has 4 nitrogen and oxygen atoms in total. The van der Waals surface area contributed by atoms with Gasteiger partial charge in [-0.1, -0.05) is 0 Å². The summed E-state index contributed by atoms with van der Waals surface area (Å²) in [6, 6.07) is 4.33. The van der Waals surface area contributed by atoms with Crippen molar-refractivity contribution < 1.29 is 4.74 Å². The van der Waals surface area contributed by atoms with Gasteiger partial charge in [-0.05, 0) is 66.8 Å². The van der Waals surface area contributed by atoms with Crippen LogP contribution in [0.15, 0.2) is 12.1 Å². The first-order valence-electron chi connectivity index (χ1n) is 6.99. The first kappa shape index (κ1) is 12.1. The van der Waals surface area contributed by atoms with Crippen molar-refractivity contribution in [3.63, 3.8) is 0 Å². The van der Waals surface area contributed by atoms with Gasteiger partial charge in [0, 0.05) is 18.2 Å².